The van der Waals surface area contributed by atoms with E-state index < -0.39 is 21.6 Å². The SMILES string of the molecule is CCN(C(=O)c1ccc(C)cc1F)C1CCS(=O)(=O)C1. The van der Waals surface area contributed by atoms with E-state index in [2.05, 4.69) is 0 Å². The Morgan fingerprint density at radius 2 is 2.15 bits per heavy atom. The highest BCUT2D eigenvalue weighted by molar-refractivity contribution is 7.91. The van der Waals surface area contributed by atoms with Crippen molar-refractivity contribution in [2.45, 2.75) is 26.3 Å². The first-order chi connectivity index (χ1) is 9.34. The summed E-state index contributed by atoms with van der Waals surface area (Å²) in [6.07, 6.45) is 0.426. The number of hydrogen-bond acceptors (Lipinski definition) is 3. The van der Waals surface area contributed by atoms with Crippen LogP contribution < -0.4 is 0 Å². The highest BCUT2D eigenvalue weighted by Crippen LogP contribution is 2.21. The van der Waals surface area contributed by atoms with Crippen LogP contribution in [0.2, 0.25) is 0 Å². The van der Waals surface area contributed by atoms with E-state index in [1.807, 2.05) is 0 Å². The first-order valence-electron chi connectivity index (χ1n) is 6.61. The van der Waals surface area contributed by atoms with E-state index in [1.54, 1.807) is 19.9 Å². The van der Waals surface area contributed by atoms with Gasteiger partial charge >= 0.3 is 0 Å². The number of halogens is 1. The largest absolute Gasteiger partial charge is 0.335 e. The summed E-state index contributed by atoms with van der Waals surface area (Å²) in [5.74, 6) is -0.931. The third-order valence-electron chi connectivity index (χ3n) is 3.61. The zero-order valence-electron chi connectivity index (χ0n) is 11.6. The number of nitrogens with zero attached hydrogens (tertiary/aromatic N) is 1. The smallest absolute Gasteiger partial charge is 0.257 e. The van der Waals surface area contributed by atoms with E-state index in [0.717, 1.165) is 5.56 Å². The first-order valence-corrected chi connectivity index (χ1v) is 8.43. The summed E-state index contributed by atoms with van der Waals surface area (Å²) in [6, 6.07) is 4.10. The van der Waals surface area contributed by atoms with Gasteiger partial charge in [0.15, 0.2) is 9.84 Å². The summed E-state index contributed by atoms with van der Waals surface area (Å²) >= 11 is 0. The molecule has 1 amide bonds. The van der Waals surface area contributed by atoms with Crippen LogP contribution >= 0.6 is 0 Å². The normalized spacial score (nSPS) is 20.9. The van der Waals surface area contributed by atoms with Gasteiger partial charge in [-0.15, -0.1) is 0 Å². The van der Waals surface area contributed by atoms with Crippen molar-refractivity contribution >= 4 is 15.7 Å². The van der Waals surface area contributed by atoms with E-state index in [-0.39, 0.29) is 23.1 Å². The Hall–Kier alpha value is -1.43. The summed E-state index contributed by atoms with van der Waals surface area (Å²) in [4.78, 5) is 13.9. The lowest BCUT2D eigenvalue weighted by Crippen LogP contribution is -2.41. The van der Waals surface area contributed by atoms with Crippen LogP contribution in [0, 0.1) is 12.7 Å². The van der Waals surface area contributed by atoms with Gasteiger partial charge in [-0.3, -0.25) is 4.79 Å². The van der Waals surface area contributed by atoms with Crippen LogP contribution in [0.4, 0.5) is 4.39 Å². The lowest BCUT2D eigenvalue weighted by atomic mass is 10.1. The van der Waals surface area contributed by atoms with E-state index in [0.29, 0.717) is 13.0 Å². The van der Waals surface area contributed by atoms with Crippen molar-refractivity contribution in [1.29, 1.82) is 0 Å². The maximum Gasteiger partial charge on any atom is 0.257 e. The quantitative estimate of drug-likeness (QED) is 0.855. The maximum absolute atomic E-state index is 13.9. The van der Waals surface area contributed by atoms with E-state index in [9.17, 15) is 17.6 Å². The van der Waals surface area contributed by atoms with Crippen LogP contribution in [0.3, 0.4) is 0 Å². The van der Waals surface area contributed by atoms with Gasteiger partial charge in [0.25, 0.3) is 5.91 Å². The number of hydrogen-bond donors (Lipinski definition) is 0. The van der Waals surface area contributed by atoms with Crippen molar-refractivity contribution in [2.24, 2.45) is 0 Å². The van der Waals surface area contributed by atoms with Crippen LogP contribution in [0.15, 0.2) is 18.2 Å². The fourth-order valence-electron chi connectivity index (χ4n) is 2.54. The monoisotopic (exact) mass is 299 g/mol. The van der Waals surface area contributed by atoms with E-state index >= 15 is 0 Å². The zero-order valence-corrected chi connectivity index (χ0v) is 12.4. The number of aryl methyl sites for hydroxylation is 1. The molecule has 1 aliphatic heterocycles. The molecule has 0 spiro atoms. The maximum atomic E-state index is 13.9. The lowest BCUT2D eigenvalue weighted by molar-refractivity contribution is 0.0703. The minimum absolute atomic E-state index is 0.00162. The number of sulfone groups is 1. The molecule has 0 saturated carbocycles. The third-order valence-corrected chi connectivity index (χ3v) is 5.36. The Labute approximate surface area is 118 Å². The number of amides is 1. The van der Waals surface area contributed by atoms with E-state index in [1.165, 1.54) is 17.0 Å². The van der Waals surface area contributed by atoms with Crippen molar-refractivity contribution in [3.63, 3.8) is 0 Å². The van der Waals surface area contributed by atoms with Crippen molar-refractivity contribution in [3.8, 4) is 0 Å². The molecule has 1 heterocycles. The van der Waals surface area contributed by atoms with Crippen molar-refractivity contribution in [2.75, 3.05) is 18.1 Å². The Morgan fingerprint density at radius 1 is 1.45 bits per heavy atom. The molecule has 1 fully saturated rings. The molecule has 1 unspecified atom stereocenters. The van der Waals surface area contributed by atoms with Gasteiger partial charge in [-0.1, -0.05) is 6.07 Å². The van der Waals surface area contributed by atoms with E-state index in [4.69, 9.17) is 0 Å². The second kappa shape index (κ2) is 5.52. The summed E-state index contributed by atoms with van der Waals surface area (Å²) < 4.78 is 36.9. The van der Waals surface area contributed by atoms with Gasteiger partial charge in [0.2, 0.25) is 0 Å². The van der Waals surface area contributed by atoms with Crippen LogP contribution in [-0.4, -0.2) is 43.3 Å². The Balaban J connectivity index is 2.26. The molecule has 20 heavy (non-hydrogen) atoms. The van der Waals surface area contributed by atoms with Gasteiger partial charge in [0.1, 0.15) is 5.82 Å². The Kier molecular flexibility index (Phi) is 4.13. The fourth-order valence-corrected chi connectivity index (χ4v) is 4.27. The van der Waals surface area contributed by atoms with Gasteiger partial charge in [0, 0.05) is 12.6 Å². The fraction of sp³-hybridized carbons (Fsp3) is 0.500. The standard InChI is InChI=1S/C14H18FNO3S/c1-3-16(11-6-7-20(18,19)9-11)14(17)12-5-4-10(2)8-13(12)15/h4-5,8,11H,3,6-7,9H2,1-2H3. The van der Waals surface area contributed by atoms with Crippen molar-refractivity contribution in [1.82, 2.24) is 4.90 Å². The molecule has 110 valence electrons. The first kappa shape index (κ1) is 15.0. The molecule has 1 aromatic rings. The van der Waals surface area contributed by atoms with Gasteiger partial charge < -0.3 is 4.90 Å². The second-order valence-electron chi connectivity index (χ2n) is 5.13. The highest BCUT2D eigenvalue weighted by Gasteiger charge is 2.34. The van der Waals surface area contributed by atoms with Gasteiger partial charge in [0.05, 0.1) is 17.1 Å². The summed E-state index contributed by atoms with van der Waals surface area (Å²) in [5, 5.41) is 0. The number of benzene rings is 1. The Bertz CT molecular complexity index is 627. The molecule has 1 atom stereocenters. The molecule has 1 aromatic carbocycles. The summed E-state index contributed by atoms with van der Waals surface area (Å²) in [7, 11) is -3.07. The number of carbonyl (C=O) groups excluding carboxylic acids is 1. The zero-order chi connectivity index (χ0) is 14.9. The summed E-state index contributed by atoms with van der Waals surface area (Å²) in [6.45, 7) is 3.89. The minimum atomic E-state index is -3.07. The second-order valence-corrected chi connectivity index (χ2v) is 7.36. The number of rotatable bonds is 3. The minimum Gasteiger partial charge on any atom is -0.335 e. The molecule has 0 aliphatic carbocycles. The molecule has 0 bridgehead atoms. The Morgan fingerprint density at radius 3 is 2.65 bits per heavy atom. The van der Waals surface area contributed by atoms with Gasteiger partial charge in [-0.25, -0.2) is 12.8 Å². The van der Waals surface area contributed by atoms with Crippen LogP contribution in [0.1, 0.15) is 29.3 Å². The molecule has 0 radical (unpaired) electrons. The molecule has 2 rings (SSSR count). The molecule has 1 saturated heterocycles. The molecular formula is C14H18FNO3S. The molecule has 1 aliphatic rings. The van der Waals surface area contributed by atoms with Crippen molar-refractivity contribution < 1.29 is 17.6 Å². The van der Waals surface area contributed by atoms with Gasteiger partial charge in [-0.2, -0.15) is 0 Å². The molecule has 4 nitrogen and oxygen atoms in total. The van der Waals surface area contributed by atoms with Crippen LogP contribution in [0.5, 0.6) is 0 Å². The average Bonchev–Trinajstić information content (AvgIpc) is 2.70. The third kappa shape index (κ3) is 3.00. The van der Waals surface area contributed by atoms with Crippen LogP contribution in [-0.2, 0) is 9.84 Å². The van der Waals surface area contributed by atoms with Crippen LogP contribution in [0.25, 0.3) is 0 Å². The predicted molar refractivity (Wildman–Crippen MR) is 74.9 cm³/mol. The molecule has 0 aromatic heterocycles. The molecule has 6 heteroatoms. The number of carbonyl (C=O) groups is 1. The topological polar surface area (TPSA) is 54.5 Å². The van der Waals surface area contributed by atoms with Crippen molar-refractivity contribution in [3.05, 3.63) is 35.1 Å². The lowest BCUT2D eigenvalue weighted by Gasteiger charge is -2.27. The predicted octanol–water partition coefficient (Wildman–Crippen LogP) is 1.78. The molecular weight excluding hydrogens is 281 g/mol. The van der Waals surface area contributed by atoms with Gasteiger partial charge in [-0.05, 0) is 38.0 Å². The summed E-state index contributed by atoms with van der Waals surface area (Å²) in [5.41, 5.74) is 0.743. The molecule has 0 N–H and O–H groups in total. The highest BCUT2D eigenvalue weighted by atomic mass is 32.2. The average molecular weight is 299 g/mol.